The van der Waals surface area contributed by atoms with Crippen LogP contribution in [0, 0.1) is 0 Å². The fourth-order valence-electron chi connectivity index (χ4n) is 2.41. The first-order valence-corrected chi connectivity index (χ1v) is 7.55. The maximum atomic E-state index is 12.6. The third kappa shape index (κ3) is 4.06. The molecule has 2 aromatic rings. The number of alkyl halides is 3. The van der Waals surface area contributed by atoms with Crippen LogP contribution in [0.15, 0.2) is 60.9 Å². The summed E-state index contributed by atoms with van der Waals surface area (Å²) in [6, 6.07) is 11.6. The van der Waals surface area contributed by atoms with Crippen molar-refractivity contribution in [3.63, 3.8) is 0 Å². The predicted octanol–water partition coefficient (Wildman–Crippen LogP) is 2.94. The molecule has 1 heterocycles. The monoisotopic (exact) mass is 364 g/mol. The molecule has 0 fully saturated rings. The molecule has 1 amide bonds. The number of hydrazine groups is 1. The van der Waals surface area contributed by atoms with E-state index in [0.29, 0.717) is 12.2 Å². The minimum absolute atomic E-state index is 0.234. The SMILES string of the molecule is NN(C(=O)c1cccc(N2C=CNC2)c1)c1ccc(OC(F)(F)F)cc1. The van der Waals surface area contributed by atoms with Gasteiger partial charge in [-0.2, -0.15) is 0 Å². The third-order valence-electron chi connectivity index (χ3n) is 3.63. The van der Waals surface area contributed by atoms with Crippen molar-refractivity contribution in [3.8, 4) is 5.75 Å². The largest absolute Gasteiger partial charge is 0.573 e. The quantitative estimate of drug-likeness (QED) is 0.496. The number of carbonyl (C=O) groups excluding carboxylic acids is 1. The molecule has 0 saturated carbocycles. The zero-order valence-electron chi connectivity index (χ0n) is 13.4. The van der Waals surface area contributed by atoms with Gasteiger partial charge in [-0.3, -0.25) is 4.79 Å². The number of rotatable bonds is 4. The van der Waals surface area contributed by atoms with Gasteiger partial charge in [-0.1, -0.05) is 6.07 Å². The first-order chi connectivity index (χ1) is 12.3. The molecule has 0 saturated heterocycles. The minimum Gasteiger partial charge on any atom is -0.406 e. The van der Waals surface area contributed by atoms with Gasteiger partial charge < -0.3 is 15.0 Å². The zero-order valence-corrected chi connectivity index (χ0v) is 13.4. The molecule has 2 aromatic carbocycles. The van der Waals surface area contributed by atoms with Crippen LogP contribution in [0.2, 0.25) is 0 Å². The predicted molar refractivity (Wildman–Crippen MR) is 90.2 cm³/mol. The summed E-state index contributed by atoms with van der Waals surface area (Å²) < 4.78 is 40.4. The van der Waals surface area contributed by atoms with Crippen molar-refractivity contribution >= 4 is 17.3 Å². The standard InChI is InChI=1S/C17H15F3N4O2/c18-17(19,20)26-15-6-4-13(5-7-15)24(21)16(25)12-2-1-3-14(10-12)23-9-8-22-11-23/h1-10,22H,11,21H2. The van der Waals surface area contributed by atoms with E-state index in [9.17, 15) is 18.0 Å². The fraction of sp³-hybridized carbons (Fsp3) is 0.118. The van der Waals surface area contributed by atoms with Gasteiger partial charge in [0.1, 0.15) is 5.75 Å². The van der Waals surface area contributed by atoms with E-state index in [1.54, 1.807) is 24.4 Å². The van der Waals surface area contributed by atoms with E-state index in [-0.39, 0.29) is 5.69 Å². The second-order valence-electron chi connectivity index (χ2n) is 5.41. The van der Waals surface area contributed by atoms with Crippen LogP contribution in [-0.4, -0.2) is 18.9 Å². The first kappa shape index (κ1) is 17.6. The lowest BCUT2D eigenvalue weighted by atomic mass is 10.1. The second kappa shape index (κ2) is 6.96. The van der Waals surface area contributed by atoms with Gasteiger partial charge in [-0.05, 0) is 42.5 Å². The van der Waals surface area contributed by atoms with Gasteiger partial charge in [-0.25, -0.2) is 10.9 Å². The Kier molecular flexibility index (Phi) is 4.72. The smallest absolute Gasteiger partial charge is 0.406 e. The Morgan fingerprint density at radius 2 is 1.92 bits per heavy atom. The molecule has 9 heteroatoms. The van der Waals surface area contributed by atoms with Crippen molar-refractivity contribution < 1.29 is 22.7 Å². The average molecular weight is 364 g/mol. The molecule has 0 aromatic heterocycles. The van der Waals surface area contributed by atoms with Gasteiger partial charge in [0.05, 0.1) is 12.4 Å². The number of nitrogens with one attached hydrogen (secondary N) is 1. The molecular weight excluding hydrogens is 349 g/mol. The summed E-state index contributed by atoms with van der Waals surface area (Å²) in [6.45, 7) is 0.588. The van der Waals surface area contributed by atoms with E-state index in [2.05, 4.69) is 10.1 Å². The summed E-state index contributed by atoms with van der Waals surface area (Å²) in [6.07, 6.45) is -1.16. The number of halogens is 3. The number of nitrogens with zero attached hydrogens (tertiary/aromatic N) is 2. The van der Waals surface area contributed by atoms with Crippen LogP contribution in [-0.2, 0) is 0 Å². The number of amides is 1. The van der Waals surface area contributed by atoms with E-state index in [0.717, 1.165) is 22.8 Å². The highest BCUT2D eigenvalue weighted by Crippen LogP contribution is 2.25. The molecule has 136 valence electrons. The summed E-state index contributed by atoms with van der Waals surface area (Å²) in [5.41, 5.74) is 1.39. The average Bonchev–Trinajstić information content (AvgIpc) is 3.14. The molecule has 1 aliphatic rings. The van der Waals surface area contributed by atoms with Crippen molar-refractivity contribution in [1.29, 1.82) is 0 Å². The number of ether oxygens (including phenoxy) is 1. The van der Waals surface area contributed by atoms with Gasteiger partial charge in [0, 0.05) is 23.7 Å². The van der Waals surface area contributed by atoms with Crippen LogP contribution in [0.4, 0.5) is 24.5 Å². The molecule has 0 bridgehead atoms. The molecule has 0 atom stereocenters. The van der Waals surface area contributed by atoms with E-state index in [4.69, 9.17) is 5.84 Å². The molecule has 0 radical (unpaired) electrons. The second-order valence-corrected chi connectivity index (χ2v) is 5.41. The first-order valence-electron chi connectivity index (χ1n) is 7.55. The third-order valence-corrected chi connectivity index (χ3v) is 3.63. The van der Waals surface area contributed by atoms with E-state index < -0.39 is 18.0 Å². The summed E-state index contributed by atoms with van der Waals surface area (Å²) in [5, 5.41) is 3.89. The molecule has 3 N–H and O–H groups in total. The number of carbonyl (C=O) groups is 1. The van der Waals surface area contributed by atoms with Crippen molar-refractivity contribution in [2.75, 3.05) is 16.6 Å². The van der Waals surface area contributed by atoms with Crippen LogP contribution >= 0.6 is 0 Å². The Balaban J connectivity index is 1.75. The topological polar surface area (TPSA) is 70.8 Å². The number of anilines is 2. The Hall–Kier alpha value is -3.20. The number of hydrogen-bond acceptors (Lipinski definition) is 5. The van der Waals surface area contributed by atoms with Gasteiger partial charge in [0.2, 0.25) is 0 Å². The maximum Gasteiger partial charge on any atom is 0.573 e. The van der Waals surface area contributed by atoms with Gasteiger partial charge in [0.15, 0.2) is 0 Å². The zero-order chi connectivity index (χ0) is 18.7. The summed E-state index contributed by atoms with van der Waals surface area (Å²) in [7, 11) is 0. The summed E-state index contributed by atoms with van der Waals surface area (Å²) >= 11 is 0. The van der Waals surface area contributed by atoms with Crippen molar-refractivity contribution in [2.45, 2.75) is 6.36 Å². The fourth-order valence-corrected chi connectivity index (χ4v) is 2.41. The molecular formula is C17H15F3N4O2. The van der Waals surface area contributed by atoms with Crippen LogP contribution < -0.4 is 25.8 Å². The highest BCUT2D eigenvalue weighted by molar-refractivity contribution is 6.05. The highest BCUT2D eigenvalue weighted by atomic mass is 19.4. The molecule has 3 rings (SSSR count). The number of nitrogens with two attached hydrogens (primary N) is 1. The van der Waals surface area contributed by atoms with Gasteiger partial charge >= 0.3 is 6.36 Å². The lowest BCUT2D eigenvalue weighted by Gasteiger charge is -2.19. The van der Waals surface area contributed by atoms with Crippen LogP contribution in [0.3, 0.4) is 0 Å². The molecule has 0 spiro atoms. The maximum absolute atomic E-state index is 12.6. The van der Waals surface area contributed by atoms with Crippen molar-refractivity contribution in [2.24, 2.45) is 5.84 Å². The van der Waals surface area contributed by atoms with Crippen LogP contribution in [0.25, 0.3) is 0 Å². The van der Waals surface area contributed by atoms with E-state index in [1.807, 2.05) is 17.2 Å². The Morgan fingerprint density at radius 1 is 1.19 bits per heavy atom. The van der Waals surface area contributed by atoms with E-state index in [1.165, 1.54) is 12.1 Å². The molecule has 26 heavy (non-hydrogen) atoms. The molecule has 0 unspecified atom stereocenters. The highest BCUT2D eigenvalue weighted by Gasteiger charge is 2.31. The lowest BCUT2D eigenvalue weighted by molar-refractivity contribution is -0.274. The van der Waals surface area contributed by atoms with Crippen LogP contribution in [0.1, 0.15) is 10.4 Å². The molecule has 1 aliphatic heterocycles. The van der Waals surface area contributed by atoms with E-state index >= 15 is 0 Å². The lowest BCUT2D eigenvalue weighted by Crippen LogP contribution is -2.37. The number of benzene rings is 2. The van der Waals surface area contributed by atoms with Gasteiger partial charge in [-0.15, -0.1) is 13.2 Å². The summed E-state index contributed by atoms with van der Waals surface area (Å²) in [4.78, 5) is 14.5. The number of hydrogen-bond donors (Lipinski definition) is 2. The molecule has 6 nitrogen and oxygen atoms in total. The minimum atomic E-state index is -4.78. The Labute approximate surface area is 147 Å². The van der Waals surface area contributed by atoms with Crippen molar-refractivity contribution in [1.82, 2.24) is 5.32 Å². The summed E-state index contributed by atoms with van der Waals surface area (Å²) in [5.74, 6) is 4.95. The normalized spacial score (nSPS) is 13.5. The molecule has 0 aliphatic carbocycles. The van der Waals surface area contributed by atoms with Crippen molar-refractivity contribution in [3.05, 3.63) is 66.5 Å². The van der Waals surface area contributed by atoms with Gasteiger partial charge in [0.25, 0.3) is 5.91 Å². The Bertz CT molecular complexity index is 822. The Morgan fingerprint density at radius 3 is 2.54 bits per heavy atom. The van der Waals surface area contributed by atoms with Crippen LogP contribution in [0.5, 0.6) is 5.75 Å².